The highest BCUT2D eigenvalue weighted by Crippen LogP contribution is 2.17. The molecule has 2 nitrogen and oxygen atoms in total. The third-order valence-corrected chi connectivity index (χ3v) is 3.08. The van der Waals surface area contributed by atoms with Crippen LogP contribution in [0.25, 0.3) is 0 Å². The Morgan fingerprint density at radius 3 is 2.55 bits per heavy atom. The number of carbonyl (C=O) groups excluding carboxylic acids is 1. The van der Waals surface area contributed by atoms with Gasteiger partial charge in [-0.15, -0.1) is 6.42 Å². The summed E-state index contributed by atoms with van der Waals surface area (Å²) in [4.78, 5) is 12.7. The summed E-state index contributed by atoms with van der Waals surface area (Å²) in [7, 11) is 0. The molecule has 0 saturated carbocycles. The van der Waals surface area contributed by atoms with Gasteiger partial charge in [-0.2, -0.15) is 0 Å². The molecular formula is C8H10INO. The Morgan fingerprint density at radius 1 is 1.55 bits per heavy atom. The van der Waals surface area contributed by atoms with E-state index in [1.165, 1.54) is 0 Å². The lowest BCUT2D eigenvalue weighted by atomic mass is 10.1. The number of terminal acetylenes is 1. The second kappa shape index (κ2) is 3.96. The van der Waals surface area contributed by atoms with Crippen LogP contribution in [0.2, 0.25) is 0 Å². The van der Waals surface area contributed by atoms with Crippen molar-refractivity contribution in [2.45, 2.75) is 16.8 Å². The Hall–Kier alpha value is -0.240. The molecule has 0 N–H and O–H groups in total. The summed E-state index contributed by atoms with van der Waals surface area (Å²) in [5, 5.41) is 0. The molecule has 0 bridgehead atoms. The van der Waals surface area contributed by atoms with Crippen molar-refractivity contribution in [3.05, 3.63) is 0 Å². The highest BCUT2D eigenvalue weighted by atomic mass is 127. The fraction of sp³-hybridized carbons (Fsp3) is 0.625. The summed E-state index contributed by atoms with van der Waals surface area (Å²) >= 11 is 2.41. The van der Waals surface area contributed by atoms with Gasteiger partial charge in [-0.1, -0.05) is 22.6 Å². The van der Waals surface area contributed by atoms with Crippen molar-refractivity contribution in [1.82, 2.24) is 4.90 Å². The Balaban J connectivity index is 2.40. The van der Waals surface area contributed by atoms with Crippen molar-refractivity contribution >= 4 is 28.5 Å². The molecular weight excluding hydrogens is 253 g/mol. The van der Waals surface area contributed by atoms with Crippen molar-refractivity contribution in [2.75, 3.05) is 13.1 Å². The number of hydrogen-bond donors (Lipinski definition) is 0. The first-order valence-corrected chi connectivity index (χ1v) is 4.88. The van der Waals surface area contributed by atoms with Crippen LogP contribution in [0, 0.1) is 12.3 Å². The Morgan fingerprint density at radius 2 is 2.09 bits per heavy atom. The lowest BCUT2D eigenvalue weighted by Crippen LogP contribution is -2.37. The van der Waals surface area contributed by atoms with Crippen LogP contribution < -0.4 is 0 Å². The van der Waals surface area contributed by atoms with Crippen LogP contribution >= 0.6 is 22.6 Å². The van der Waals surface area contributed by atoms with E-state index in [1.807, 2.05) is 0 Å². The maximum atomic E-state index is 11.0. The number of alkyl halides is 1. The minimum absolute atomic E-state index is 0.159. The zero-order chi connectivity index (χ0) is 8.27. The first-order chi connectivity index (χ1) is 5.24. The van der Waals surface area contributed by atoms with E-state index in [4.69, 9.17) is 6.42 Å². The van der Waals surface area contributed by atoms with Crippen LogP contribution in [0.4, 0.5) is 0 Å². The van der Waals surface area contributed by atoms with Gasteiger partial charge in [0, 0.05) is 17.0 Å². The van der Waals surface area contributed by atoms with Gasteiger partial charge in [0.25, 0.3) is 5.91 Å². The smallest absolute Gasteiger partial charge is 0.298 e. The van der Waals surface area contributed by atoms with Gasteiger partial charge in [0.2, 0.25) is 0 Å². The maximum Gasteiger partial charge on any atom is 0.298 e. The summed E-state index contributed by atoms with van der Waals surface area (Å²) in [6, 6.07) is 0. The molecule has 0 atom stereocenters. The number of halogens is 1. The summed E-state index contributed by atoms with van der Waals surface area (Å²) < 4.78 is 0.717. The molecule has 1 aliphatic heterocycles. The number of carbonyl (C=O) groups is 1. The fourth-order valence-corrected chi connectivity index (χ4v) is 1.70. The predicted molar refractivity (Wildman–Crippen MR) is 52.5 cm³/mol. The van der Waals surface area contributed by atoms with Gasteiger partial charge in [0.1, 0.15) is 0 Å². The van der Waals surface area contributed by atoms with Crippen molar-refractivity contribution in [2.24, 2.45) is 0 Å². The number of nitrogens with zero attached hydrogens (tertiary/aromatic N) is 1. The second-order valence-corrected chi connectivity index (χ2v) is 4.37. The molecule has 0 spiro atoms. The summed E-state index contributed by atoms with van der Waals surface area (Å²) in [5.41, 5.74) is 0. The highest BCUT2D eigenvalue weighted by Gasteiger charge is 2.19. The molecule has 0 radical (unpaired) electrons. The van der Waals surface area contributed by atoms with Crippen molar-refractivity contribution in [1.29, 1.82) is 0 Å². The minimum Gasteiger partial charge on any atom is -0.332 e. The van der Waals surface area contributed by atoms with E-state index in [0.717, 1.165) is 29.9 Å². The molecule has 11 heavy (non-hydrogen) atoms. The van der Waals surface area contributed by atoms with Crippen LogP contribution in [-0.4, -0.2) is 27.8 Å². The number of likely N-dealkylation sites (tertiary alicyclic amines) is 1. The topological polar surface area (TPSA) is 20.3 Å². The number of piperidine rings is 1. The third kappa shape index (κ3) is 2.37. The molecule has 1 heterocycles. The first kappa shape index (κ1) is 8.85. The predicted octanol–water partition coefficient (Wildman–Crippen LogP) is 1.05. The molecule has 0 unspecified atom stereocenters. The Bertz CT molecular complexity index is 189. The molecule has 3 heteroatoms. The highest BCUT2D eigenvalue weighted by molar-refractivity contribution is 14.1. The van der Waals surface area contributed by atoms with Crippen molar-refractivity contribution < 1.29 is 4.79 Å². The monoisotopic (exact) mass is 263 g/mol. The van der Waals surface area contributed by atoms with Crippen molar-refractivity contribution in [3.8, 4) is 12.3 Å². The van der Waals surface area contributed by atoms with Gasteiger partial charge >= 0.3 is 0 Å². The van der Waals surface area contributed by atoms with Gasteiger partial charge in [0.05, 0.1) is 0 Å². The molecule has 60 valence electrons. The summed E-state index contributed by atoms with van der Waals surface area (Å²) in [5.74, 6) is 1.98. The molecule has 0 aliphatic carbocycles. The zero-order valence-corrected chi connectivity index (χ0v) is 8.37. The number of hydrogen-bond acceptors (Lipinski definition) is 1. The lowest BCUT2D eigenvalue weighted by molar-refractivity contribution is -0.125. The van der Waals surface area contributed by atoms with E-state index >= 15 is 0 Å². The van der Waals surface area contributed by atoms with Crippen LogP contribution in [0.3, 0.4) is 0 Å². The van der Waals surface area contributed by atoms with Crippen molar-refractivity contribution in [3.63, 3.8) is 0 Å². The quantitative estimate of drug-likeness (QED) is 0.363. The zero-order valence-electron chi connectivity index (χ0n) is 6.22. The minimum atomic E-state index is -0.159. The van der Waals surface area contributed by atoms with Crippen LogP contribution in [-0.2, 0) is 4.79 Å². The van der Waals surface area contributed by atoms with E-state index < -0.39 is 0 Å². The van der Waals surface area contributed by atoms with Gasteiger partial charge < -0.3 is 4.90 Å². The van der Waals surface area contributed by atoms with E-state index in [1.54, 1.807) is 4.90 Å². The van der Waals surface area contributed by atoms with Crippen LogP contribution in [0.1, 0.15) is 12.8 Å². The lowest BCUT2D eigenvalue weighted by Gasteiger charge is -2.27. The van der Waals surface area contributed by atoms with Crippen LogP contribution in [0.15, 0.2) is 0 Å². The largest absolute Gasteiger partial charge is 0.332 e. The molecule has 1 fully saturated rings. The van der Waals surface area contributed by atoms with E-state index in [0.29, 0.717) is 0 Å². The molecule has 0 aromatic rings. The molecule has 1 saturated heterocycles. The van der Waals surface area contributed by atoms with E-state index in [2.05, 4.69) is 28.5 Å². The van der Waals surface area contributed by atoms with Gasteiger partial charge in [0.15, 0.2) is 0 Å². The average Bonchev–Trinajstić information content (AvgIpc) is 2.05. The number of rotatable bonds is 0. The van der Waals surface area contributed by atoms with Gasteiger partial charge in [-0.25, -0.2) is 0 Å². The van der Waals surface area contributed by atoms with Gasteiger partial charge in [-0.3, -0.25) is 4.79 Å². The summed E-state index contributed by atoms with van der Waals surface area (Å²) in [6.45, 7) is 1.66. The van der Waals surface area contributed by atoms with Crippen LogP contribution in [0.5, 0.6) is 0 Å². The molecule has 1 rings (SSSR count). The second-order valence-electron chi connectivity index (χ2n) is 2.61. The van der Waals surface area contributed by atoms with E-state index in [-0.39, 0.29) is 5.91 Å². The molecule has 0 aromatic heterocycles. The normalized spacial score (nSPS) is 19.5. The number of amides is 1. The SMILES string of the molecule is C#CC(=O)N1CCC(I)CC1. The maximum absolute atomic E-state index is 11.0. The van der Waals surface area contributed by atoms with E-state index in [9.17, 15) is 4.79 Å². The first-order valence-electron chi connectivity index (χ1n) is 3.63. The van der Waals surface area contributed by atoms with Gasteiger partial charge in [-0.05, 0) is 18.8 Å². The summed E-state index contributed by atoms with van der Waals surface area (Å²) in [6.07, 6.45) is 7.15. The molecule has 1 aliphatic rings. The average molecular weight is 263 g/mol. The standard InChI is InChI=1S/C8H10INO/c1-2-8(11)10-5-3-7(9)4-6-10/h1,7H,3-6H2. The Labute approximate surface area is 80.5 Å². The third-order valence-electron chi connectivity index (χ3n) is 1.84. The Kier molecular flexibility index (Phi) is 3.18. The fourth-order valence-electron chi connectivity index (χ4n) is 1.14. The molecule has 1 amide bonds. The molecule has 0 aromatic carbocycles.